The Balaban J connectivity index is 2.22. The molecule has 0 radical (unpaired) electrons. The molecule has 8 nitrogen and oxygen atoms in total. The number of carbonyl (C=O) groups excluding carboxylic acids is 2. The van der Waals surface area contributed by atoms with Gasteiger partial charge in [-0.2, -0.15) is 0 Å². The number of methoxy groups -OCH3 is 4. The number of nitrogens with one attached hydrogen (secondary N) is 2. The number of carbonyl (C=O) groups is 2. The summed E-state index contributed by atoms with van der Waals surface area (Å²) in [7, 11) is 5.70. The first-order valence-corrected chi connectivity index (χ1v) is 8.55. The summed E-state index contributed by atoms with van der Waals surface area (Å²) in [5.74, 6) is -0.640. The van der Waals surface area contributed by atoms with Crippen LogP contribution in [0.3, 0.4) is 0 Å². The minimum Gasteiger partial charge on any atom is -0.495 e. The zero-order chi connectivity index (χ0) is 20.8. The minimum absolute atomic E-state index is 0.202. The largest absolute Gasteiger partial charge is 0.495 e. The molecule has 0 heterocycles. The SMILES string of the molecule is COc1cc(OC)c(NC(=O)C(=O)Nc2cc(Cl)c(OC)cc2OC)cc1Cl. The van der Waals surface area contributed by atoms with E-state index in [1.54, 1.807) is 0 Å². The molecule has 0 spiro atoms. The predicted octanol–water partition coefficient (Wildman–Crippen LogP) is 3.61. The molecule has 2 aromatic carbocycles. The number of rotatable bonds is 6. The third-order valence-corrected chi connectivity index (χ3v) is 4.24. The molecule has 0 aliphatic rings. The molecule has 10 heteroatoms. The normalized spacial score (nSPS) is 10.1. The van der Waals surface area contributed by atoms with Crippen molar-refractivity contribution >= 4 is 46.4 Å². The molecule has 2 aromatic rings. The standard InChI is InChI=1S/C18H18Cl2N2O6/c1-25-13-7-15(27-3)11(5-9(13)19)21-17(23)18(24)22-12-6-10(20)14(26-2)8-16(12)28-4/h5-8H,1-4H3,(H,21,23)(H,22,24). The van der Waals surface area contributed by atoms with E-state index in [1.165, 1.54) is 52.7 Å². The van der Waals surface area contributed by atoms with Crippen LogP contribution in [0.25, 0.3) is 0 Å². The molecule has 0 bridgehead atoms. The lowest BCUT2D eigenvalue weighted by molar-refractivity contribution is -0.133. The van der Waals surface area contributed by atoms with Crippen molar-refractivity contribution in [2.75, 3.05) is 39.1 Å². The van der Waals surface area contributed by atoms with Gasteiger partial charge in [-0.05, 0) is 12.1 Å². The molecule has 2 amide bonds. The molecule has 0 saturated heterocycles. The van der Waals surface area contributed by atoms with Gasteiger partial charge in [0, 0.05) is 12.1 Å². The number of hydrogen-bond acceptors (Lipinski definition) is 6. The smallest absolute Gasteiger partial charge is 0.314 e. The highest BCUT2D eigenvalue weighted by Gasteiger charge is 2.20. The molecule has 0 unspecified atom stereocenters. The summed E-state index contributed by atoms with van der Waals surface area (Å²) < 4.78 is 20.5. The quantitative estimate of drug-likeness (QED) is 0.682. The average molecular weight is 429 g/mol. The molecule has 0 aliphatic carbocycles. The molecule has 0 aliphatic heterocycles. The third-order valence-electron chi connectivity index (χ3n) is 3.65. The van der Waals surface area contributed by atoms with E-state index < -0.39 is 11.8 Å². The maximum atomic E-state index is 12.3. The summed E-state index contributed by atoms with van der Waals surface area (Å²) in [5, 5.41) is 5.34. The van der Waals surface area contributed by atoms with Gasteiger partial charge in [-0.3, -0.25) is 9.59 Å². The van der Waals surface area contributed by atoms with Crippen molar-refractivity contribution < 1.29 is 28.5 Å². The van der Waals surface area contributed by atoms with Gasteiger partial charge in [-0.1, -0.05) is 23.2 Å². The van der Waals surface area contributed by atoms with Crippen LogP contribution >= 0.6 is 23.2 Å². The van der Waals surface area contributed by atoms with Gasteiger partial charge >= 0.3 is 11.8 Å². The van der Waals surface area contributed by atoms with Crippen LogP contribution in [0.2, 0.25) is 10.0 Å². The Hall–Kier alpha value is -2.84. The molecular weight excluding hydrogens is 411 g/mol. The van der Waals surface area contributed by atoms with E-state index in [0.717, 1.165) is 0 Å². The molecule has 2 rings (SSSR count). The first-order valence-electron chi connectivity index (χ1n) is 7.80. The topological polar surface area (TPSA) is 95.1 Å². The number of hydrogen-bond donors (Lipinski definition) is 2. The Morgan fingerprint density at radius 3 is 1.25 bits per heavy atom. The predicted molar refractivity (Wildman–Crippen MR) is 106 cm³/mol. The monoisotopic (exact) mass is 428 g/mol. The summed E-state index contributed by atoms with van der Waals surface area (Å²) in [5.41, 5.74) is 0.404. The molecule has 28 heavy (non-hydrogen) atoms. The Labute approximate surface area is 171 Å². The summed E-state index contributed by atoms with van der Waals surface area (Å²) in [6.45, 7) is 0. The van der Waals surface area contributed by atoms with Crippen LogP contribution in [0.4, 0.5) is 11.4 Å². The second kappa shape index (κ2) is 9.38. The van der Waals surface area contributed by atoms with Gasteiger partial charge in [0.15, 0.2) is 0 Å². The number of anilines is 2. The van der Waals surface area contributed by atoms with Crippen LogP contribution in [-0.2, 0) is 9.59 Å². The minimum atomic E-state index is -0.950. The first-order chi connectivity index (χ1) is 13.3. The molecule has 150 valence electrons. The lowest BCUT2D eigenvalue weighted by atomic mass is 10.2. The van der Waals surface area contributed by atoms with E-state index in [2.05, 4.69) is 10.6 Å². The zero-order valence-corrected chi connectivity index (χ0v) is 17.0. The number of amides is 2. The van der Waals surface area contributed by atoms with Gasteiger partial charge in [-0.25, -0.2) is 0 Å². The van der Waals surface area contributed by atoms with Gasteiger partial charge in [0.05, 0.1) is 49.9 Å². The van der Waals surface area contributed by atoms with Crippen molar-refractivity contribution in [2.45, 2.75) is 0 Å². The lowest BCUT2D eigenvalue weighted by Crippen LogP contribution is -2.29. The highest BCUT2D eigenvalue weighted by atomic mass is 35.5. The third kappa shape index (κ3) is 4.71. The fourth-order valence-electron chi connectivity index (χ4n) is 2.27. The fraction of sp³-hybridized carbons (Fsp3) is 0.222. The van der Waals surface area contributed by atoms with Crippen LogP contribution in [0.5, 0.6) is 23.0 Å². The summed E-state index contributed by atoms with van der Waals surface area (Å²) >= 11 is 12.1. The molecular formula is C18H18Cl2N2O6. The average Bonchev–Trinajstić information content (AvgIpc) is 2.68. The van der Waals surface area contributed by atoms with Gasteiger partial charge in [-0.15, -0.1) is 0 Å². The Morgan fingerprint density at radius 2 is 0.964 bits per heavy atom. The molecule has 2 N–H and O–H groups in total. The van der Waals surface area contributed by atoms with E-state index in [0.29, 0.717) is 11.5 Å². The number of benzene rings is 2. The van der Waals surface area contributed by atoms with Crippen LogP contribution < -0.4 is 29.6 Å². The van der Waals surface area contributed by atoms with E-state index in [-0.39, 0.29) is 32.9 Å². The second-order valence-electron chi connectivity index (χ2n) is 5.28. The van der Waals surface area contributed by atoms with Crippen LogP contribution in [0.1, 0.15) is 0 Å². The maximum absolute atomic E-state index is 12.3. The van der Waals surface area contributed by atoms with Crippen molar-refractivity contribution in [1.29, 1.82) is 0 Å². The van der Waals surface area contributed by atoms with Crippen molar-refractivity contribution in [3.63, 3.8) is 0 Å². The first kappa shape index (κ1) is 21.5. The molecule has 0 fully saturated rings. The maximum Gasteiger partial charge on any atom is 0.314 e. The molecule has 0 saturated carbocycles. The van der Waals surface area contributed by atoms with E-state index in [9.17, 15) is 9.59 Å². The van der Waals surface area contributed by atoms with Gasteiger partial charge in [0.25, 0.3) is 0 Å². The Morgan fingerprint density at radius 1 is 0.643 bits per heavy atom. The van der Waals surface area contributed by atoms with Crippen LogP contribution in [0.15, 0.2) is 24.3 Å². The summed E-state index contributed by atoms with van der Waals surface area (Å²) in [4.78, 5) is 24.6. The van der Waals surface area contributed by atoms with E-state index >= 15 is 0 Å². The van der Waals surface area contributed by atoms with Gasteiger partial charge in [0.1, 0.15) is 23.0 Å². The highest BCUT2D eigenvalue weighted by molar-refractivity contribution is 6.44. The zero-order valence-electron chi connectivity index (χ0n) is 15.5. The Kier molecular flexibility index (Phi) is 7.19. The van der Waals surface area contributed by atoms with Crippen LogP contribution in [-0.4, -0.2) is 40.3 Å². The lowest BCUT2D eigenvalue weighted by Gasteiger charge is -2.14. The van der Waals surface area contributed by atoms with Crippen molar-refractivity contribution in [2.24, 2.45) is 0 Å². The van der Waals surface area contributed by atoms with Gasteiger partial charge < -0.3 is 29.6 Å². The second-order valence-corrected chi connectivity index (χ2v) is 6.10. The van der Waals surface area contributed by atoms with Crippen molar-refractivity contribution in [3.05, 3.63) is 34.3 Å². The summed E-state index contributed by atoms with van der Waals surface area (Å²) in [6, 6.07) is 5.80. The Bertz CT molecular complexity index is 831. The fourth-order valence-corrected chi connectivity index (χ4v) is 2.76. The number of halogens is 2. The van der Waals surface area contributed by atoms with Gasteiger partial charge in [0.2, 0.25) is 0 Å². The van der Waals surface area contributed by atoms with Crippen molar-refractivity contribution in [1.82, 2.24) is 0 Å². The number of ether oxygens (including phenoxy) is 4. The van der Waals surface area contributed by atoms with Crippen LogP contribution in [0, 0.1) is 0 Å². The van der Waals surface area contributed by atoms with E-state index in [4.69, 9.17) is 42.1 Å². The molecule has 0 aromatic heterocycles. The highest BCUT2D eigenvalue weighted by Crippen LogP contribution is 2.37. The molecule has 0 atom stereocenters. The van der Waals surface area contributed by atoms with Crippen molar-refractivity contribution in [3.8, 4) is 23.0 Å². The van der Waals surface area contributed by atoms with E-state index in [1.807, 2.05) is 0 Å². The summed E-state index contributed by atoms with van der Waals surface area (Å²) in [6.07, 6.45) is 0.